The number of aliphatic hydroxyl groups is 1. The number of Topliss-reactive ketones (excluding diaryl/α,β-unsaturated/α-hetero) is 1. The van der Waals surface area contributed by atoms with E-state index < -0.39 is 17.7 Å². The van der Waals surface area contributed by atoms with Gasteiger partial charge in [0, 0.05) is 17.7 Å². The fourth-order valence-corrected chi connectivity index (χ4v) is 3.86. The number of hydrogen-bond acceptors (Lipinski definition) is 5. The Morgan fingerprint density at radius 2 is 1.73 bits per heavy atom. The van der Waals surface area contributed by atoms with Crippen molar-refractivity contribution in [3.05, 3.63) is 64.7 Å². The van der Waals surface area contributed by atoms with Crippen LogP contribution in [0.15, 0.2) is 48.0 Å². The van der Waals surface area contributed by atoms with E-state index in [1.54, 1.807) is 30.3 Å². The average molecular weight is 409 g/mol. The zero-order valence-electron chi connectivity index (χ0n) is 17.8. The Morgan fingerprint density at radius 1 is 1.03 bits per heavy atom. The van der Waals surface area contributed by atoms with E-state index in [0.717, 1.165) is 12.0 Å². The summed E-state index contributed by atoms with van der Waals surface area (Å²) < 4.78 is 11.0. The molecule has 0 spiro atoms. The third-order valence-electron chi connectivity index (χ3n) is 5.37. The summed E-state index contributed by atoms with van der Waals surface area (Å²) in [5.74, 6) is -0.594. The number of aliphatic hydroxyl groups excluding tert-OH is 1. The molecule has 0 radical (unpaired) electrons. The molecule has 30 heavy (non-hydrogen) atoms. The first-order valence-electron chi connectivity index (χ1n) is 10.1. The summed E-state index contributed by atoms with van der Waals surface area (Å²) in [4.78, 5) is 27.3. The number of carbonyl (C=O) groups is 2. The quantitative estimate of drug-likeness (QED) is 0.423. The van der Waals surface area contributed by atoms with Crippen LogP contribution in [-0.2, 0) is 16.0 Å². The van der Waals surface area contributed by atoms with Crippen LogP contribution in [-0.4, -0.2) is 42.5 Å². The van der Waals surface area contributed by atoms with Crippen LogP contribution < -0.4 is 9.47 Å². The first-order chi connectivity index (χ1) is 14.5. The topological polar surface area (TPSA) is 76.1 Å². The van der Waals surface area contributed by atoms with E-state index in [4.69, 9.17) is 9.47 Å². The lowest BCUT2D eigenvalue weighted by atomic mass is 9.94. The van der Waals surface area contributed by atoms with Gasteiger partial charge in [0.05, 0.1) is 25.8 Å². The summed E-state index contributed by atoms with van der Waals surface area (Å²) >= 11 is 0. The van der Waals surface area contributed by atoms with Crippen LogP contribution in [0, 0.1) is 0 Å². The zero-order chi connectivity index (χ0) is 21.8. The maximum Gasteiger partial charge on any atom is 0.295 e. The maximum absolute atomic E-state index is 13.0. The Morgan fingerprint density at radius 3 is 2.30 bits per heavy atom. The zero-order valence-corrected chi connectivity index (χ0v) is 17.8. The highest BCUT2D eigenvalue weighted by Crippen LogP contribution is 2.45. The molecule has 1 N–H and O–H groups in total. The van der Waals surface area contributed by atoms with Gasteiger partial charge in [-0.3, -0.25) is 9.59 Å². The number of hydrogen-bond donors (Lipinski definition) is 1. The number of likely N-dealkylation sites (tertiary alicyclic amines) is 1. The number of para-hydroxylation sites is 1. The van der Waals surface area contributed by atoms with Crippen LogP contribution in [0.5, 0.6) is 11.5 Å². The minimum Gasteiger partial charge on any atom is -0.507 e. The van der Waals surface area contributed by atoms with E-state index >= 15 is 0 Å². The lowest BCUT2D eigenvalue weighted by Gasteiger charge is -2.26. The Bertz CT molecular complexity index is 978. The molecule has 0 saturated carbocycles. The monoisotopic (exact) mass is 409 g/mol. The summed E-state index contributed by atoms with van der Waals surface area (Å²) in [7, 11) is 3.04. The molecule has 3 rings (SSSR count). The van der Waals surface area contributed by atoms with E-state index in [2.05, 4.69) is 0 Å². The number of benzene rings is 2. The van der Waals surface area contributed by atoms with Crippen LogP contribution in [0.3, 0.4) is 0 Å². The second kappa shape index (κ2) is 9.03. The first-order valence-corrected chi connectivity index (χ1v) is 10.1. The Hall–Kier alpha value is -3.28. The molecule has 1 unspecified atom stereocenters. The van der Waals surface area contributed by atoms with Crippen molar-refractivity contribution in [3.8, 4) is 11.5 Å². The highest BCUT2D eigenvalue weighted by molar-refractivity contribution is 6.46. The maximum atomic E-state index is 13.0. The minimum absolute atomic E-state index is 0.0595. The van der Waals surface area contributed by atoms with Gasteiger partial charge in [-0.1, -0.05) is 50.2 Å². The van der Waals surface area contributed by atoms with Gasteiger partial charge in [0.1, 0.15) is 5.76 Å². The van der Waals surface area contributed by atoms with Gasteiger partial charge in [-0.05, 0) is 24.5 Å². The molecule has 1 aliphatic rings. The number of methoxy groups -OCH3 is 2. The van der Waals surface area contributed by atoms with Gasteiger partial charge >= 0.3 is 0 Å². The van der Waals surface area contributed by atoms with E-state index in [1.165, 1.54) is 19.1 Å². The second-order valence-corrected chi connectivity index (χ2v) is 7.13. The number of aryl methyl sites for hydroxylation is 1. The third kappa shape index (κ3) is 3.65. The van der Waals surface area contributed by atoms with Crippen LogP contribution in [0.2, 0.25) is 0 Å². The van der Waals surface area contributed by atoms with Crippen molar-refractivity contribution in [2.45, 2.75) is 32.7 Å². The molecule has 1 amide bonds. The van der Waals surface area contributed by atoms with Gasteiger partial charge in [0.2, 0.25) is 0 Å². The fraction of sp³-hybridized carbons (Fsp3) is 0.333. The van der Waals surface area contributed by atoms with Gasteiger partial charge in [0.25, 0.3) is 11.7 Å². The Kier molecular flexibility index (Phi) is 6.45. The molecule has 6 heteroatoms. The molecule has 1 heterocycles. The molecule has 1 saturated heterocycles. The average Bonchev–Trinajstić information content (AvgIpc) is 3.03. The van der Waals surface area contributed by atoms with Crippen molar-refractivity contribution < 1.29 is 24.2 Å². The number of amides is 1. The minimum atomic E-state index is -0.763. The van der Waals surface area contributed by atoms with Crippen LogP contribution in [0.4, 0.5) is 0 Å². The summed E-state index contributed by atoms with van der Waals surface area (Å²) in [5.41, 5.74) is 2.26. The van der Waals surface area contributed by atoms with E-state index in [1.807, 2.05) is 26.0 Å². The summed E-state index contributed by atoms with van der Waals surface area (Å²) in [5, 5.41) is 11.1. The predicted octanol–water partition coefficient (Wildman–Crippen LogP) is 4.10. The largest absolute Gasteiger partial charge is 0.507 e. The predicted molar refractivity (Wildman–Crippen MR) is 115 cm³/mol. The number of ether oxygens (including phenoxy) is 2. The van der Waals surface area contributed by atoms with E-state index in [9.17, 15) is 14.7 Å². The molecular formula is C24H27NO5. The van der Waals surface area contributed by atoms with Gasteiger partial charge in [-0.25, -0.2) is 0 Å². The smallest absolute Gasteiger partial charge is 0.295 e. The number of ketones is 1. The second-order valence-electron chi connectivity index (χ2n) is 7.13. The molecule has 2 aromatic rings. The van der Waals surface area contributed by atoms with Crippen molar-refractivity contribution in [3.63, 3.8) is 0 Å². The molecule has 158 valence electrons. The van der Waals surface area contributed by atoms with Crippen LogP contribution >= 0.6 is 0 Å². The van der Waals surface area contributed by atoms with Crippen LogP contribution in [0.25, 0.3) is 5.76 Å². The van der Waals surface area contributed by atoms with Crippen LogP contribution in [0.1, 0.15) is 43.0 Å². The fourth-order valence-electron chi connectivity index (χ4n) is 3.86. The van der Waals surface area contributed by atoms with Gasteiger partial charge in [0.15, 0.2) is 11.5 Å². The Balaban J connectivity index is 2.24. The van der Waals surface area contributed by atoms with Crippen molar-refractivity contribution in [2.24, 2.45) is 0 Å². The van der Waals surface area contributed by atoms with Crippen molar-refractivity contribution in [2.75, 3.05) is 20.8 Å². The highest BCUT2D eigenvalue weighted by atomic mass is 16.5. The van der Waals surface area contributed by atoms with Gasteiger partial charge < -0.3 is 19.5 Å². The molecular weight excluding hydrogens is 382 g/mol. The van der Waals surface area contributed by atoms with E-state index in [-0.39, 0.29) is 11.3 Å². The standard InChI is InChI=1S/C24H27NO5/c1-5-14-25-20(17-8-7-9-18(29-3)23(17)30-4)19(22(27)24(25)28)21(26)16-12-10-15(6-2)11-13-16/h7-13,20,26H,5-6,14H2,1-4H3/b21-19+. The first kappa shape index (κ1) is 21.4. The lowest BCUT2D eigenvalue weighted by molar-refractivity contribution is -0.139. The number of nitrogens with zero attached hydrogens (tertiary/aromatic N) is 1. The molecule has 0 aromatic heterocycles. The SMILES string of the molecule is CCCN1C(=O)C(=O)/C(=C(/O)c2ccc(CC)cc2)C1c1cccc(OC)c1OC. The summed E-state index contributed by atoms with van der Waals surface area (Å²) in [6, 6.07) is 11.9. The molecule has 0 aliphatic carbocycles. The summed E-state index contributed by atoms with van der Waals surface area (Å²) in [6.45, 7) is 4.35. The van der Waals surface area contributed by atoms with E-state index in [0.29, 0.717) is 35.6 Å². The molecule has 0 bridgehead atoms. The highest BCUT2D eigenvalue weighted by Gasteiger charge is 2.47. The molecule has 1 aliphatic heterocycles. The normalized spacial score (nSPS) is 18.0. The van der Waals surface area contributed by atoms with Gasteiger partial charge in [-0.15, -0.1) is 0 Å². The number of carbonyl (C=O) groups excluding carboxylic acids is 2. The van der Waals surface area contributed by atoms with Crippen molar-refractivity contribution >= 4 is 17.4 Å². The number of rotatable bonds is 7. The molecule has 1 atom stereocenters. The summed E-state index contributed by atoms with van der Waals surface area (Å²) in [6.07, 6.45) is 1.53. The van der Waals surface area contributed by atoms with Crippen molar-refractivity contribution in [1.29, 1.82) is 0 Å². The van der Waals surface area contributed by atoms with Gasteiger partial charge in [-0.2, -0.15) is 0 Å². The molecule has 6 nitrogen and oxygen atoms in total. The Labute approximate surface area is 176 Å². The molecule has 2 aromatic carbocycles. The van der Waals surface area contributed by atoms with Crippen molar-refractivity contribution in [1.82, 2.24) is 4.90 Å². The lowest BCUT2D eigenvalue weighted by Crippen LogP contribution is -2.30. The molecule has 1 fully saturated rings. The third-order valence-corrected chi connectivity index (χ3v) is 5.37.